The van der Waals surface area contributed by atoms with Gasteiger partial charge in [-0.15, -0.1) is 0 Å². The summed E-state index contributed by atoms with van der Waals surface area (Å²) < 4.78 is 16.8. The van der Waals surface area contributed by atoms with E-state index in [1.165, 1.54) is 11.1 Å². The molecule has 0 aliphatic carbocycles. The molecule has 1 aliphatic heterocycles. The zero-order chi connectivity index (χ0) is 22.4. The quantitative estimate of drug-likeness (QED) is 0.281. The van der Waals surface area contributed by atoms with Gasteiger partial charge in [-0.2, -0.15) is 0 Å². The van der Waals surface area contributed by atoms with Gasteiger partial charge in [0.1, 0.15) is 5.76 Å². The number of hydrogen-bond donors (Lipinski definition) is 2. The number of furan rings is 1. The molecule has 1 aromatic carbocycles. The Morgan fingerprint density at radius 2 is 2.03 bits per heavy atom. The van der Waals surface area contributed by atoms with Crippen molar-refractivity contribution in [3.8, 4) is 0 Å². The Hall–Kier alpha value is -2.35. The summed E-state index contributed by atoms with van der Waals surface area (Å²) in [4.78, 5) is 7.06. The van der Waals surface area contributed by atoms with E-state index in [9.17, 15) is 0 Å². The molecule has 1 aromatic heterocycles. The lowest BCUT2D eigenvalue weighted by molar-refractivity contribution is 0.0168. The maximum atomic E-state index is 5.74. The maximum absolute atomic E-state index is 5.74. The molecule has 2 N–H and O–H groups in total. The SMILES string of the molecule is CCNC(=NCc1ccccc1CN(C)Cc1ccco1)NCCCOCC1CCCO1. The third kappa shape index (κ3) is 8.65. The van der Waals surface area contributed by atoms with Gasteiger partial charge in [0.15, 0.2) is 5.96 Å². The second kappa shape index (κ2) is 13.9. The van der Waals surface area contributed by atoms with E-state index < -0.39 is 0 Å². The summed E-state index contributed by atoms with van der Waals surface area (Å²) in [6.45, 7) is 8.31. The summed E-state index contributed by atoms with van der Waals surface area (Å²) in [6, 6.07) is 12.4. The van der Waals surface area contributed by atoms with Crippen LogP contribution in [0.1, 0.15) is 43.1 Å². The van der Waals surface area contributed by atoms with Crippen molar-refractivity contribution in [2.75, 3.05) is 40.0 Å². The van der Waals surface area contributed by atoms with Crippen LogP contribution in [0.15, 0.2) is 52.1 Å². The van der Waals surface area contributed by atoms with Crippen LogP contribution in [-0.4, -0.2) is 56.9 Å². The van der Waals surface area contributed by atoms with E-state index in [4.69, 9.17) is 18.9 Å². The largest absolute Gasteiger partial charge is 0.468 e. The van der Waals surface area contributed by atoms with Crippen LogP contribution >= 0.6 is 0 Å². The summed E-state index contributed by atoms with van der Waals surface area (Å²) in [6.07, 6.45) is 5.22. The third-order valence-electron chi connectivity index (χ3n) is 5.40. The summed E-state index contributed by atoms with van der Waals surface area (Å²) >= 11 is 0. The number of nitrogens with one attached hydrogen (secondary N) is 2. The topological polar surface area (TPSA) is 71.3 Å². The summed E-state index contributed by atoms with van der Waals surface area (Å²) in [7, 11) is 2.11. The van der Waals surface area contributed by atoms with Crippen molar-refractivity contribution in [2.24, 2.45) is 4.99 Å². The van der Waals surface area contributed by atoms with Gasteiger partial charge in [-0.3, -0.25) is 4.90 Å². The standard InChI is InChI=1S/C25H38N4O3/c1-3-26-25(27-13-8-14-30-20-24-12-7-16-32-24)28-17-21-9-4-5-10-22(21)18-29(2)19-23-11-6-15-31-23/h4-6,9-11,15,24H,3,7-8,12-14,16-20H2,1-2H3,(H2,26,27,28). The Bertz CT molecular complexity index is 788. The van der Waals surface area contributed by atoms with Gasteiger partial charge in [-0.05, 0) is 56.5 Å². The zero-order valence-corrected chi connectivity index (χ0v) is 19.5. The molecule has 1 fully saturated rings. The summed E-state index contributed by atoms with van der Waals surface area (Å²) in [5, 5.41) is 6.75. The molecule has 2 heterocycles. The summed E-state index contributed by atoms with van der Waals surface area (Å²) in [5.74, 6) is 1.81. The number of nitrogens with zero attached hydrogens (tertiary/aromatic N) is 2. The van der Waals surface area contributed by atoms with Crippen LogP contribution < -0.4 is 10.6 Å². The van der Waals surface area contributed by atoms with Gasteiger partial charge in [0.2, 0.25) is 0 Å². The molecule has 176 valence electrons. The van der Waals surface area contributed by atoms with Gasteiger partial charge >= 0.3 is 0 Å². The highest BCUT2D eigenvalue weighted by molar-refractivity contribution is 5.79. The fourth-order valence-corrected chi connectivity index (χ4v) is 3.76. The number of aliphatic imine (C=N–C) groups is 1. The van der Waals surface area contributed by atoms with E-state index in [1.807, 2.05) is 12.1 Å². The number of rotatable bonds is 13. The van der Waals surface area contributed by atoms with Crippen LogP contribution in [0, 0.1) is 0 Å². The first-order valence-corrected chi connectivity index (χ1v) is 11.7. The lowest BCUT2D eigenvalue weighted by Gasteiger charge is -2.18. The average Bonchev–Trinajstić information content (AvgIpc) is 3.49. The minimum absolute atomic E-state index is 0.292. The minimum Gasteiger partial charge on any atom is -0.468 e. The van der Waals surface area contributed by atoms with Crippen LogP contribution in [0.4, 0.5) is 0 Å². The van der Waals surface area contributed by atoms with E-state index in [-0.39, 0.29) is 0 Å². The second-order valence-electron chi connectivity index (χ2n) is 8.21. The van der Waals surface area contributed by atoms with Crippen molar-refractivity contribution < 1.29 is 13.9 Å². The third-order valence-corrected chi connectivity index (χ3v) is 5.40. The maximum Gasteiger partial charge on any atom is 0.191 e. The van der Waals surface area contributed by atoms with Crippen molar-refractivity contribution in [3.05, 3.63) is 59.5 Å². The normalized spacial score (nSPS) is 16.6. The second-order valence-corrected chi connectivity index (χ2v) is 8.21. The van der Waals surface area contributed by atoms with E-state index in [0.29, 0.717) is 19.3 Å². The van der Waals surface area contributed by atoms with Crippen LogP contribution in [0.5, 0.6) is 0 Å². The molecule has 2 aromatic rings. The van der Waals surface area contributed by atoms with Gasteiger partial charge in [-0.1, -0.05) is 24.3 Å². The van der Waals surface area contributed by atoms with Gasteiger partial charge in [0, 0.05) is 32.8 Å². The molecule has 1 atom stereocenters. The van der Waals surface area contributed by atoms with Gasteiger partial charge in [-0.25, -0.2) is 4.99 Å². The smallest absolute Gasteiger partial charge is 0.191 e. The van der Waals surface area contributed by atoms with Crippen molar-refractivity contribution in [3.63, 3.8) is 0 Å². The van der Waals surface area contributed by atoms with E-state index in [1.54, 1.807) is 6.26 Å². The lowest BCUT2D eigenvalue weighted by Crippen LogP contribution is -2.38. The van der Waals surface area contributed by atoms with Crippen molar-refractivity contribution in [1.82, 2.24) is 15.5 Å². The fraction of sp³-hybridized carbons (Fsp3) is 0.560. The highest BCUT2D eigenvalue weighted by Crippen LogP contribution is 2.14. The molecule has 1 saturated heterocycles. The molecular formula is C25H38N4O3. The number of benzene rings is 1. The first-order chi connectivity index (χ1) is 15.7. The van der Waals surface area contributed by atoms with Gasteiger partial charge in [0.25, 0.3) is 0 Å². The summed E-state index contributed by atoms with van der Waals surface area (Å²) in [5.41, 5.74) is 2.51. The monoisotopic (exact) mass is 442 g/mol. The molecule has 32 heavy (non-hydrogen) atoms. The Balaban J connectivity index is 1.44. The van der Waals surface area contributed by atoms with Gasteiger partial charge in [0.05, 0.1) is 32.1 Å². The fourth-order valence-electron chi connectivity index (χ4n) is 3.76. The molecule has 7 heteroatoms. The Morgan fingerprint density at radius 1 is 1.16 bits per heavy atom. The van der Waals surface area contributed by atoms with Gasteiger partial charge < -0.3 is 24.5 Å². The molecular weight excluding hydrogens is 404 g/mol. The first-order valence-electron chi connectivity index (χ1n) is 11.7. The predicted octanol–water partition coefficient (Wildman–Crippen LogP) is 3.55. The van der Waals surface area contributed by atoms with Crippen LogP contribution in [0.25, 0.3) is 0 Å². The van der Waals surface area contributed by atoms with Crippen molar-refractivity contribution in [2.45, 2.75) is 51.9 Å². The molecule has 7 nitrogen and oxygen atoms in total. The molecule has 0 saturated carbocycles. The molecule has 0 radical (unpaired) electrons. The van der Waals surface area contributed by atoms with Crippen LogP contribution in [0.2, 0.25) is 0 Å². The lowest BCUT2D eigenvalue weighted by atomic mass is 10.1. The van der Waals surface area contributed by atoms with E-state index >= 15 is 0 Å². The van der Waals surface area contributed by atoms with E-state index in [0.717, 1.165) is 70.4 Å². The Kier molecular flexibility index (Phi) is 10.6. The van der Waals surface area contributed by atoms with Crippen LogP contribution in [0.3, 0.4) is 0 Å². The predicted molar refractivity (Wildman–Crippen MR) is 128 cm³/mol. The highest BCUT2D eigenvalue weighted by Gasteiger charge is 2.15. The zero-order valence-electron chi connectivity index (χ0n) is 19.5. The average molecular weight is 443 g/mol. The number of hydrogen-bond acceptors (Lipinski definition) is 5. The molecule has 0 spiro atoms. The van der Waals surface area contributed by atoms with E-state index in [2.05, 4.69) is 53.8 Å². The number of ether oxygens (including phenoxy) is 2. The Morgan fingerprint density at radius 3 is 2.78 bits per heavy atom. The molecule has 0 amide bonds. The Labute approximate surface area is 192 Å². The molecule has 1 aliphatic rings. The molecule has 1 unspecified atom stereocenters. The first kappa shape index (κ1) is 24.3. The number of guanidine groups is 1. The minimum atomic E-state index is 0.292. The van der Waals surface area contributed by atoms with Crippen molar-refractivity contribution >= 4 is 5.96 Å². The molecule has 3 rings (SSSR count). The van der Waals surface area contributed by atoms with Crippen molar-refractivity contribution in [1.29, 1.82) is 0 Å². The van der Waals surface area contributed by atoms with Crippen LogP contribution in [-0.2, 0) is 29.1 Å². The molecule has 0 bridgehead atoms. The highest BCUT2D eigenvalue weighted by atomic mass is 16.5.